The van der Waals surface area contributed by atoms with Crippen LogP contribution in [0.1, 0.15) is 194 Å². The lowest BCUT2D eigenvalue weighted by Gasteiger charge is -2.48. The molecule has 0 aromatic rings. The van der Waals surface area contributed by atoms with E-state index in [4.69, 9.17) is 28.4 Å². The molecule has 0 aliphatic carbocycles. The molecule has 3 fully saturated rings. The summed E-state index contributed by atoms with van der Waals surface area (Å²) in [6.07, 6.45) is 17.3. The van der Waals surface area contributed by atoms with Crippen molar-refractivity contribution in [2.45, 2.75) is 298 Å². The van der Waals surface area contributed by atoms with Crippen molar-refractivity contribution < 1.29 is 89.4 Å². The number of unbranched alkanes of at least 4 members (excludes halogenated alkanes) is 23. The van der Waals surface area contributed by atoms with Crippen LogP contribution in [-0.2, 0) is 33.2 Å². The van der Waals surface area contributed by atoms with E-state index in [1.165, 1.54) is 116 Å². The van der Waals surface area contributed by atoms with Crippen LogP contribution in [0.4, 0.5) is 0 Å². The van der Waals surface area contributed by atoms with Gasteiger partial charge in [0.05, 0.1) is 38.6 Å². The zero-order valence-electron chi connectivity index (χ0n) is 46.7. The van der Waals surface area contributed by atoms with Crippen LogP contribution in [0, 0.1) is 0 Å². The highest BCUT2D eigenvalue weighted by Gasteiger charge is 2.53. The minimum absolute atomic E-state index is 0.235. The van der Waals surface area contributed by atoms with E-state index < -0.39 is 124 Å². The monoisotopic (exact) mass is 1100 g/mol. The highest BCUT2D eigenvalue weighted by atomic mass is 16.8. The lowest BCUT2D eigenvalue weighted by molar-refractivity contribution is -0.379. The molecule has 3 heterocycles. The number of hydrogen-bond acceptors (Lipinski definition) is 18. The van der Waals surface area contributed by atoms with Gasteiger partial charge in [0.15, 0.2) is 18.9 Å². The zero-order valence-corrected chi connectivity index (χ0v) is 46.7. The van der Waals surface area contributed by atoms with Crippen LogP contribution in [0.5, 0.6) is 0 Å². The predicted molar refractivity (Wildman–Crippen MR) is 291 cm³/mol. The molecule has 0 aromatic carbocycles. The van der Waals surface area contributed by atoms with Crippen LogP contribution in [0.2, 0.25) is 0 Å². The fourth-order valence-electron chi connectivity index (χ4n) is 10.1. The summed E-state index contributed by atoms with van der Waals surface area (Å²) < 4.78 is 34.1. The lowest BCUT2D eigenvalue weighted by Crippen LogP contribution is -2.66. The Balaban J connectivity index is 1.46. The molecule has 3 rings (SSSR count). The van der Waals surface area contributed by atoms with Gasteiger partial charge in [-0.2, -0.15) is 0 Å². The van der Waals surface area contributed by atoms with Crippen molar-refractivity contribution in [3.8, 4) is 0 Å². The van der Waals surface area contributed by atoms with E-state index in [2.05, 4.69) is 43.5 Å². The molecule has 19 heteroatoms. The molecule has 0 saturated carbocycles. The van der Waals surface area contributed by atoms with E-state index >= 15 is 0 Å². The summed E-state index contributed by atoms with van der Waals surface area (Å²) in [4.78, 5) is 13.3. The third kappa shape index (κ3) is 26.2. The average molecular weight is 1100 g/mol. The van der Waals surface area contributed by atoms with Gasteiger partial charge in [0.2, 0.25) is 5.91 Å². The number of rotatable bonds is 43. The Bertz CT molecular complexity index is 1550. The minimum Gasteiger partial charge on any atom is -0.394 e. The normalized spacial score (nSPS) is 30.9. The van der Waals surface area contributed by atoms with Crippen LogP contribution in [0.3, 0.4) is 0 Å². The molecule has 0 bridgehead atoms. The Morgan fingerprint density at radius 2 is 0.844 bits per heavy atom. The third-order valence-corrected chi connectivity index (χ3v) is 14.9. The summed E-state index contributed by atoms with van der Waals surface area (Å²) in [5.74, 6) is -0.290. The first-order valence-corrected chi connectivity index (χ1v) is 29.7. The molecule has 3 aliphatic rings. The van der Waals surface area contributed by atoms with Crippen molar-refractivity contribution in [3.63, 3.8) is 0 Å². The SMILES string of the molecule is CC/C=C/CC/C=C/CC/C=C/C(O)C(COC1OC(CO)C(OC2OC(CO)C(OC3OC(CO)C(O)C(O)C3O)C(O)C2O)C(O)C1O)NC(=O)CCCCCCCCCCCCCCCCCCCCCCCC. The first-order chi connectivity index (χ1) is 37.3. The maximum absolute atomic E-state index is 13.3. The number of carbonyl (C=O) groups excluding carboxylic acids is 1. The molecule has 12 N–H and O–H groups in total. The van der Waals surface area contributed by atoms with Crippen molar-refractivity contribution in [2.75, 3.05) is 26.4 Å². The van der Waals surface area contributed by atoms with Gasteiger partial charge in [-0.25, -0.2) is 0 Å². The molecule has 1 amide bonds. The molecular formula is C58H105NO18. The van der Waals surface area contributed by atoms with E-state index in [-0.39, 0.29) is 18.9 Å². The summed E-state index contributed by atoms with van der Waals surface area (Å²) in [6, 6.07) is -0.991. The Labute approximate surface area is 460 Å². The highest BCUT2D eigenvalue weighted by molar-refractivity contribution is 5.76. The molecule has 450 valence electrons. The Morgan fingerprint density at radius 1 is 0.468 bits per heavy atom. The Hall–Kier alpha value is -1.99. The molecule has 19 nitrogen and oxygen atoms in total. The van der Waals surface area contributed by atoms with Crippen LogP contribution in [0.15, 0.2) is 36.5 Å². The van der Waals surface area contributed by atoms with E-state index in [1.54, 1.807) is 6.08 Å². The Morgan fingerprint density at radius 3 is 1.29 bits per heavy atom. The molecule has 3 aliphatic heterocycles. The second-order valence-corrected chi connectivity index (χ2v) is 21.4. The maximum Gasteiger partial charge on any atom is 0.220 e. The maximum atomic E-state index is 13.3. The molecule has 0 spiro atoms. The van der Waals surface area contributed by atoms with Gasteiger partial charge in [0.1, 0.15) is 73.2 Å². The van der Waals surface area contributed by atoms with Gasteiger partial charge < -0.3 is 89.9 Å². The fraction of sp³-hybridized carbons (Fsp3) is 0.879. The van der Waals surface area contributed by atoms with Gasteiger partial charge in [0.25, 0.3) is 0 Å². The number of aliphatic hydroxyl groups excluding tert-OH is 11. The van der Waals surface area contributed by atoms with Gasteiger partial charge in [0, 0.05) is 6.42 Å². The topological polar surface area (TPSA) is 307 Å². The minimum atomic E-state index is -1.98. The van der Waals surface area contributed by atoms with Gasteiger partial charge in [-0.15, -0.1) is 0 Å². The smallest absolute Gasteiger partial charge is 0.220 e. The highest BCUT2D eigenvalue weighted by Crippen LogP contribution is 2.33. The molecule has 0 aromatic heterocycles. The molecule has 3 saturated heterocycles. The van der Waals surface area contributed by atoms with E-state index in [0.717, 1.165) is 44.9 Å². The standard InChI is InChI=1S/C58H105NO18/c1-3-5-7-9-11-13-15-16-17-18-19-20-21-22-23-24-25-26-28-30-32-34-36-46(64)59-41(42(63)35-33-31-29-27-14-12-10-8-6-4-2)40-72-56-52(70)49(67)54(44(38-61)74-56)77-58-53(71)50(68)55(45(39-62)75-58)76-57-51(69)48(66)47(65)43(37-60)73-57/h6,8,14,27,33,35,41-45,47-58,60-63,65-71H,3-5,7,9-13,15-26,28-32,34,36-40H2,1-2H3,(H,59,64)/b8-6+,27-14+,35-33+. The van der Waals surface area contributed by atoms with Crippen molar-refractivity contribution in [1.29, 1.82) is 0 Å². The van der Waals surface area contributed by atoms with E-state index in [1.807, 2.05) is 6.08 Å². The average Bonchev–Trinajstić information content (AvgIpc) is 3.44. The number of carbonyl (C=O) groups is 1. The quantitative estimate of drug-likeness (QED) is 0.0285. The number of amides is 1. The number of hydrogen-bond donors (Lipinski definition) is 12. The van der Waals surface area contributed by atoms with E-state index in [9.17, 15) is 61.0 Å². The fourth-order valence-corrected chi connectivity index (χ4v) is 10.1. The predicted octanol–water partition coefficient (Wildman–Crippen LogP) is 4.93. The first kappa shape index (κ1) is 69.3. The summed E-state index contributed by atoms with van der Waals surface area (Å²) in [5, 5.41) is 120. The number of ether oxygens (including phenoxy) is 6. The largest absolute Gasteiger partial charge is 0.394 e. The second kappa shape index (κ2) is 41.9. The van der Waals surface area contributed by atoms with Gasteiger partial charge >= 0.3 is 0 Å². The molecule has 17 atom stereocenters. The lowest BCUT2D eigenvalue weighted by atomic mass is 9.96. The van der Waals surface area contributed by atoms with Crippen LogP contribution >= 0.6 is 0 Å². The van der Waals surface area contributed by atoms with Crippen LogP contribution in [0.25, 0.3) is 0 Å². The van der Waals surface area contributed by atoms with Gasteiger partial charge in [-0.1, -0.05) is 185 Å². The summed E-state index contributed by atoms with van der Waals surface area (Å²) in [6.45, 7) is 1.56. The number of nitrogens with one attached hydrogen (secondary N) is 1. The molecule has 0 radical (unpaired) electrons. The van der Waals surface area contributed by atoms with E-state index in [0.29, 0.717) is 12.8 Å². The molecule has 17 unspecified atom stereocenters. The van der Waals surface area contributed by atoms with Crippen LogP contribution in [-0.4, -0.2) is 193 Å². The van der Waals surface area contributed by atoms with Gasteiger partial charge in [-0.3, -0.25) is 4.79 Å². The number of aliphatic hydroxyl groups is 11. The van der Waals surface area contributed by atoms with Crippen molar-refractivity contribution in [2.24, 2.45) is 0 Å². The zero-order chi connectivity index (χ0) is 56.2. The van der Waals surface area contributed by atoms with Crippen molar-refractivity contribution in [3.05, 3.63) is 36.5 Å². The second-order valence-electron chi connectivity index (χ2n) is 21.4. The first-order valence-electron chi connectivity index (χ1n) is 29.7. The summed E-state index contributed by atoms with van der Waals surface area (Å²) in [5.41, 5.74) is 0. The summed E-state index contributed by atoms with van der Waals surface area (Å²) in [7, 11) is 0. The van der Waals surface area contributed by atoms with Crippen molar-refractivity contribution >= 4 is 5.91 Å². The number of allylic oxidation sites excluding steroid dienone is 5. The third-order valence-electron chi connectivity index (χ3n) is 14.9. The summed E-state index contributed by atoms with van der Waals surface area (Å²) >= 11 is 0. The van der Waals surface area contributed by atoms with Crippen molar-refractivity contribution in [1.82, 2.24) is 5.32 Å². The Kier molecular flexibility index (Phi) is 37.7. The molecular weight excluding hydrogens is 999 g/mol. The van der Waals surface area contributed by atoms with Crippen LogP contribution < -0.4 is 5.32 Å². The van der Waals surface area contributed by atoms with Gasteiger partial charge in [-0.05, 0) is 38.5 Å². The molecule has 77 heavy (non-hydrogen) atoms.